The summed E-state index contributed by atoms with van der Waals surface area (Å²) in [4.78, 5) is 6.34. The molecule has 0 fully saturated rings. The molecule has 0 amide bonds. The largest absolute Gasteiger partial charge is 0.381 e. The van der Waals surface area contributed by atoms with Crippen LogP contribution in [-0.2, 0) is 0 Å². The number of nitrogens with two attached hydrogens (primary N) is 1. The first-order valence-electron chi connectivity index (χ1n) is 2.21. The molecule has 1 radical (unpaired) electrons. The SMILES string of the molecule is Nc1nc(Cl)c[nH]c1=S.[Na]. The van der Waals surface area contributed by atoms with E-state index in [0.717, 1.165) is 0 Å². The average molecular weight is 185 g/mol. The van der Waals surface area contributed by atoms with E-state index in [4.69, 9.17) is 29.6 Å². The van der Waals surface area contributed by atoms with Crippen molar-refractivity contribution in [2.24, 2.45) is 0 Å². The van der Waals surface area contributed by atoms with E-state index >= 15 is 0 Å². The molecule has 0 atom stereocenters. The molecule has 0 aliphatic carbocycles. The zero-order chi connectivity index (χ0) is 6.85. The molecule has 0 bridgehead atoms. The van der Waals surface area contributed by atoms with Crippen LogP contribution in [0.1, 0.15) is 0 Å². The van der Waals surface area contributed by atoms with Crippen molar-refractivity contribution in [1.29, 1.82) is 0 Å². The second kappa shape index (κ2) is 4.31. The van der Waals surface area contributed by atoms with Crippen molar-refractivity contribution in [2.75, 3.05) is 5.73 Å². The van der Waals surface area contributed by atoms with Crippen molar-refractivity contribution in [1.82, 2.24) is 9.97 Å². The molecule has 0 aliphatic rings. The summed E-state index contributed by atoms with van der Waals surface area (Å²) in [5, 5.41) is 0.320. The number of hydrogen-bond acceptors (Lipinski definition) is 3. The van der Waals surface area contributed by atoms with E-state index in [1.54, 1.807) is 0 Å². The minimum Gasteiger partial charge on any atom is -0.381 e. The molecule has 10 heavy (non-hydrogen) atoms. The molecule has 6 heteroatoms. The van der Waals surface area contributed by atoms with Gasteiger partial charge in [0.25, 0.3) is 0 Å². The summed E-state index contributed by atoms with van der Waals surface area (Å²) in [6.45, 7) is 0. The zero-order valence-corrected chi connectivity index (χ0v) is 8.96. The van der Waals surface area contributed by atoms with Gasteiger partial charge in [0.15, 0.2) is 5.82 Å². The molecular weight excluding hydrogens is 181 g/mol. The van der Waals surface area contributed by atoms with Gasteiger partial charge in [-0.05, 0) is 0 Å². The third kappa shape index (κ3) is 2.56. The van der Waals surface area contributed by atoms with E-state index in [1.807, 2.05) is 0 Å². The first-order chi connectivity index (χ1) is 4.20. The molecule has 0 saturated carbocycles. The summed E-state index contributed by atoms with van der Waals surface area (Å²) in [5.41, 5.74) is 5.29. The van der Waals surface area contributed by atoms with Gasteiger partial charge in [-0.1, -0.05) is 23.8 Å². The van der Waals surface area contributed by atoms with Crippen molar-refractivity contribution in [3.8, 4) is 0 Å². The Balaban J connectivity index is 0.000000810. The molecule has 0 saturated heterocycles. The maximum absolute atomic E-state index is 5.45. The number of nitrogens with zero attached hydrogens (tertiary/aromatic N) is 1. The fraction of sp³-hybridized carbons (Fsp3) is 0. The normalized spacial score (nSPS) is 8.50. The van der Waals surface area contributed by atoms with Crippen LogP contribution in [0.5, 0.6) is 0 Å². The number of aromatic nitrogens is 2. The summed E-state index contributed by atoms with van der Waals surface area (Å²) in [6.07, 6.45) is 1.49. The van der Waals surface area contributed by atoms with E-state index < -0.39 is 0 Å². The fourth-order valence-corrected chi connectivity index (χ4v) is 0.647. The molecular formula is C4H4ClN3NaS. The van der Waals surface area contributed by atoms with Gasteiger partial charge in [-0.3, -0.25) is 0 Å². The summed E-state index contributed by atoms with van der Waals surface area (Å²) in [5.74, 6) is 0.262. The van der Waals surface area contributed by atoms with Crippen LogP contribution in [0.15, 0.2) is 6.20 Å². The summed E-state index contributed by atoms with van der Waals surface area (Å²) < 4.78 is 0.416. The van der Waals surface area contributed by atoms with Crippen LogP contribution in [0.2, 0.25) is 5.15 Å². The van der Waals surface area contributed by atoms with Crippen molar-refractivity contribution in [3.63, 3.8) is 0 Å². The van der Waals surface area contributed by atoms with Gasteiger partial charge in [-0.25, -0.2) is 4.98 Å². The quantitative estimate of drug-likeness (QED) is 0.467. The van der Waals surface area contributed by atoms with E-state index in [2.05, 4.69) is 9.97 Å². The Bertz CT molecular complexity index is 273. The number of hydrogen-bond donors (Lipinski definition) is 2. The van der Waals surface area contributed by atoms with Crippen molar-refractivity contribution >= 4 is 59.2 Å². The first-order valence-corrected chi connectivity index (χ1v) is 2.99. The Morgan fingerprint density at radius 1 is 1.70 bits per heavy atom. The predicted octanol–water partition coefficient (Wildman–Crippen LogP) is 0.994. The number of anilines is 1. The minimum absolute atomic E-state index is 0. The molecule has 0 aromatic carbocycles. The van der Waals surface area contributed by atoms with Crippen molar-refractivity contribution in [2.45, 2.75) is 0 Å². The molecule has 1 heterocycles. The van der Waals surface area contributed by atoms with Crippen LogP contribution in [-0.4, -0.2) is 39.5 Å². The van der Waals surface area contributed by atoms with Gasteiger partial charge in [0.05, 0.1) is 0 Å². The third-order valence-corrected chi connectivity index (χ3v) is 1.30. The number of rotatable bonds is 0. The van der Waals surface area contributed by atoms with Crippen LogP contribution >= 0.6 is 23.8 Å². The Morgan fingerprint density at radius 2 is 2.30 bits per heavy atom. The van der Waals surface area contributed by atoms with Crippen LogP contribution in [0.4, 0.5) is 5.82 Å². The Kier molecular flexibility index (Phi) is 4.47. The van der Waals surface area contributed by atoms with Gasteiger partial charge in [-0.15, -0.1) is 0 Å². The predicted molar refractivity (Wildman–Crippen MR) is 44.6 cm³/mol. The van der Waals surface area contributed by atoms with Crippen LogP contribution < -0.4 is 5.73 Å². The van der Waals surface area contributed by atoms with Crippen LogP contribution in [0.25, 0.3) is 0 Å². The van der Waals surface area contributed by atoms with Gasteiger partial charge in [0.1, 0.15) is 9.79 Å². The van der Waals surface area contributed by atoms with E-state index in [0.29, 0.717) is 9.79 Å². The fourth-order valence-electron chi connectivity index (χ4n) is 0.397. The number of nitrogens with one attached hydrogen (secondary N) is 1. The topological polar surface area (TPSA) is 54.7 Å². The van der Waals surface area contributed by atoms with Gasteiger partial charge in [-0.2, -0.15) is 0 Å². The summed E-state index contributed by atoms with van der Waals surface area (Å²) >= 11 is 10.2. The van der Waals surface area contributed by atoms with Gasteiger partial charge in [0, 0.05) is 35.8 Å². The standard InChI is InChI=1S/C4H4ClN3S.Na/c5-2-1-7-4(9)3(6)8-2;/h1H,(H2,6,8)(H,7,9);. The monoisotopic (exact) mass is 184 g/mol. The Hall–Kier alpha value is 0.390. The third-order valence-electron chi connectivity index (χ3n) is 0.782. The second-order valence-corrected chi connectivity index (χ2v) is 2.23. The molecule has 3 N–H and O–H groups in total. The molecule has 3 nitrogen and oxygen atoms in total. The van der Waals surface area contributed by atoms with Gasteiger partial charge < -0.3 is 10.7 Å². The molecule has 1 aromatic heterocycles. The van der Waals surface area contributed by atoms with Crippen molar-refractivity contribution in [3.05, 3.63) is 16.0 Å². The average Bonchev–Trinajstić information content (AvgIpc) is 1.80. The van der Waals surface area contributed by atoms with E-state index in [-0.39, 0.29) is 35.4 Å². The summed E-state index contributed by atoms with van der Waals surface area (Å²) in [6, 6.07) is 0. The summed E-state index contributed by atoms with van der Waals surface area (Å²) in [7, 11) is 0. The van der Waals surface area contributed by atoms with Gasteiger partial charge >= 0.3 is 0 Å². The Morgan fingerprint density at radius 3 is 2.70 bits per heavy atom. The van der Waals surface area contributed by atoms with E-state index in [1.165, 1.54) is 6.20 Å². The number of aromatic amines is 1. The molecule has 0 unspecified atom stereocenters. The minimum atomic E-state index is 0. The molecule has 1 rings (SSSR count). The Labute approximate surface area is 90.3 Å². The number of nitrogen functional groups attached to an aromatic ring is 1. The molecule has 1 aromatic rings. The van der Waals surface area contributed by atoms with Crippen LogP contribution in [0, 0.1) is 4.64 Å². The number of halogens is 1. The first kappa shape index (κ1) is 10.4. The molecule has 0 spiro atoms. The molecule has 49 valence electrons. The smallest absolute Gasteiger partial charge is 0.160 e. The molecule has 0 aliphatic heterocycles. The van der Waals surface area contributed by atoms with Crippen molar-refractivity contribution < 1.29 is 0 Å². The zero-order valence-electron chi connectivity index (χ0n) is 5.39. The maximum Gasteiger partial charge on any atom is 0.160 e. The number of H-pyrrole nitrogens is 1. The van der Waals surface area contributed by atoms with E-state index in [9.17, 15) is 0 Å². The second-order valence-electron chi connectivity index (χ2n) is 1.44. The maximum atomic E-state index is 5.45. The van der Waals surface area contributed by atoms with Gasteiger partial charge in [0.2, 0.25) is 0 Å². The van der Waals surface area contributed by atoms with Crippen LogP contribution in [0.3, 0.4) is 0 Å².